The first kappa shape index (κ1) is 17.0. The van der Waals surface area contributed by atoms with Gasteiger partial charge in [0, 0.05) is 25.4 Å². The van der Waals surface area contributed by atoms with Crippen molar-refractivity contribution in [3.05, 3.63) is 50.0 Å². The molecule has 0 aliphatic carbocycles. The van der Waals surface area contributed by atoms with E-state index in [9.17, 15) is 19.5 Å². The number of aromatic nitrogens is 2. The number of rotatable bonds is 3. The van der Waals surface area contributed by atoms with Crippen molar-refractivity contribution < 1.29 is 14.6 Å². The van der Waals surface area contributed by atoms with Crippen molar-refractivity contribution in [1.29, 1.82) is 0 Å². The Bertz CT molecular complexity index is 984. The Balaban J connectivity index is 2.40. The molecule has 7 heteroatoms. The van der Waals surface area contributed by atoms with Gasteiger partial charge >= 0.3 is 5.97 Å². The van der Waals surface area contributed by atoms with Gasteiger partial charge in [-0.2, -0.15) is 0 Å². The number of pyridine rings is 2. The van der Waals surface area contributed by atoms with E-state index in [1.165, 1.54) is 23.9 Å². The minimum atomic E-state index is -1.25. The Morgan fingerprint density at radius 2 is 2.00 bits per heavy atom. The summed E-state index contributed by atoms with van der Waals surface area (Å²) >= 11 is 0. The molecule has 0 fully saturated rings. The van der Waals surface area contributed by atoms with Crippen molar-refractivity contribution >= 4 is 5.97 Å². The summed E-state index contributed by atoms with van der Waals surface area (Å²) in [5, 5.41) is 9.27. The molecule has 0 spiro atoms. The largest absolute Gasteiger partial charge is 0.491 e. The lowest BCUT2D eigenvalue weighted by Gasteiger charge is -2.34. The number of methoxy groups -OCH3 is 1. The summed E-state index contributed by atoms with van der Waals surface area (Å²) in [6.45, 7) is 4.08. The van der Waals surface area contributed by atoms with Gasteiger partial charge in [-0.3, -0.25) is 9.59 Å². The first-order valence-electron chi connectivity index (χ1n) is 8.03. The van der Waals surface area contributed by atoms with E-state index in [0.717, 1.165) is 5.56 Å². The van der Waals surface area contributed by atoms with Crippen molar-refractivity contribution in [2.75, 3.05) is 7.11 Å². The zero-order valence-electron chi connectivity index (χ0n) is 14.6. The minimum absolute atomic E-state index is 0.0246. The van der Waals surface area contributed by atoms with Gasteiger partial charge in [0.05, 0.1) is 18.5 Å². The number of hydrogen-bond donors (Lipinski definition) is 1. The fraction of sp³-hybridized carbons (Fsp3) is 0.389. The zero-order chi connectivity index (χ0) is 18.5. The first-order chi connectivity index (χ1) is 11.8. The molecule has 7 nitrogen and oxygen atoms in total. The molecule has 0 bridgehead atoms. The maximum absolute atomic E-state index is 12.4. The molecule has 0 amide bonds. The Hall–Kier alpha value is -2.83. The van der Waals surface area contributed by atoms with Crippen molar-refractivity contribution in [2.24, 2.45) is 13.0 Å². The van der Waals surface area contributed by atoms with Gasteiger partial charge in [0.25, 0.3) is 5.56 Å². The molecular formula is C18H20N2O5. The van der Waals surface area contributed by atoms with Crippen LogP contribution in [0, 0.1) is 5.92 Å². The second-order valence-electron chi connectivity index (χ2n) is 6.62. The smallest absolute Gasteiger partial charge is 0.341 e. The number of hydrogen-bond acceptors (Lipinski definition) is 4. The number of ether oxygens (including phenoxy) is 1. The third-order valence-corrected chi connectivity index (χ3v) is 4.79. The van der Waals surface area contributed by atoms with E-state index >= 15 is 0 Å². The fourth-order valence-electron chi connectivity index (χ4n) is 3.46. The molecule has 1 atom stereocenters. The van der Waals surface area contributed by atoms with E-state index in [4.69, 9.17) is 4.74 Å². The van der Waals surface area contributed by atoms with Gasteiger partial charge in [0.15, 0.2) is 11.2 Å². The third kappa shape index (κ3) is 2.56. The highest BCUT2D eigenvalue weighted by Gasteiger charge is 2.30. The van der Waals surface area contributed by atoms with Crippen molar-refractivity contribution in [3.8, 4) is 17.1 Å². The maximum atomic E-state index is 12.4. The average Bonchev–Trinajstić information content (AvgIpc) is 2.55. The van der Waals surface area contributed by atoms with E-state index in [2.05, 4.69) is 0 Å². The van der Waals surface area contributed by atoms with Gasteiger partial charge in [0.2, 0.25) is 0 Å². The highest BCUT2D eigenvalue weighted by molar-refractivity contribution is 5.87. The first-order valence-corrected chi connectivity index (χ1v) is 8.03. The molecule has 3 heterocycles. The minimum Gasteiger partial charge on any atom is -0.491 e. The van der Waals surface area contributed by atoms with Crippen LogP contribution in [0.3, 0.4) is 0 Å². The molecule has 0 aromatic carbocycles. The molecule has 1 N–H and O–H groups in total. The highest BCUT2D eigenvalue weighted by Crippen LogP contribution is 2.37. The quantitative estimate of drug-likeness (QED) is 0.915. The second-order valence-corrected chi connectivity index (χ2v) is 6.62. The summed E-state index contributed by atoms with van der Waals surface area (Å²) in [6, 6.07) is 3.00. The lowest BCUT2D eigenvalue weighted by Crippen LogP contribution is -2.32. The van der Waals surface area contributed by atoms with E-state index in [1.807, 2.05) is 18.4 Å². The van der Waals surface area contributed by atoms with Gasteiger partial charge < -0.3 is 19.0 Å². The second kappa shape index (κ2) is 5.91. The van der Waals surface area contributed by atoms with E-state index in [-0.39, 0.29) is 28.8 Å². The number of carboxylic acid groups (broad SMARTS) is 1. The summed E-state index contributed by atoms with van der Waals surface area (Å²) in [5.74, 6) is -0.793. The number of fused-ring (bicyclic) bond motifs is 3. The van der Waals surface area contributed by atoms with Gasteiger partial charge in [-0.25, -0.2) is 4.79 Å². The summed E-state index contributed by atoms with van der Waals surface area (Å²) in [6.07, 6.45) is 2.01. The third-order valence-electron chi connectivity index (χ3n) is 4.79. The molecule has 1 aliphatic rings. The van der Waals surface area contributed by atoms with Crippen LogP contribution in [0.5, 0.6) is 5.75 Å². The van der Waals surface area contributed by atoms with Crippen LogP contribution in [-0.2, 0) is 13.5 Å². The molecule has 0 saturated carbocycles. The van der Waals surface area contributed by atoms with Crippen LogP contribution >= 0.6 is 0 Å². The average molecular weight is 344 g/mol. The molecule has 0 saturated heterocycles. The van der Waals surface area contributed by atoms with Gasteiger partial charge in [-0.05, 0) is 24.0 Å². The van der Waals surface area contributed by atoms with Crippen LogP contribution < -0.4 is 15.7 Å². The number of carboxylic acids is 1. The molecule has 2 aromatic heterocycles. The Labute approximate surface area is 144 Å². The summed E-state index contributed by atoms with van der Waals surface area (Å²) in [4.78, 5) is 36.0. The summed E-state index contributed by atoms with van der Waals surface area (Å²) in [5.41, 5.74) is 0.938. The number of aromatic carboxylic acids is 1. The molecule has 0 radical (unpaired) electrons. The summed E-state index contributed by atoms with van der Waals surface area (Å²) < 4.78 is 8.43. The van der Waals surface area contributed by atoms with Crippen LogP contribution in [0.25, 0.3) is 11.4 Å². The van der Waals surface area contributed by atoms with Crippen LogP contribution in [0.2, 0.25) is 0 Å². The Morgan fingerprint density at radius 3 is 2.56 bits per heavy atom. The van der Waals surface area contributed by atoms with Crippen LogP contribution in [0.15, 0.2) is 27.9 Å². The number of carbonyl (C=O) groups is 1. The zero-order valence-corrected chi connectivity index (χ0v) is 14.6. The van der Waals surface area contributed by atoms with Crippen LogP contribution in [0.1, 0.15) is 35.8 Å². The SMILES string of the molecule is COc1cc2c(n(C)c1=O)-c1cc(=O)c(C(=O)O)cn1C(C(C)C)C2. The molecule has 132 valence electrons. The van der Waals surface area contributed by atoms with Crippen LogP contribution in [0.4, 0.5) is 0 Å². The van der Waals surface area contributed by atoms with Gasteiger partial charge in [0.1, 0.15) is 5.56 Å². The summed E-state index contributed by atoms with van der Waals surface area (Å²) in [7, 11) is 3.07. The predicted molar refractivity (Wildman–Crippen MR) is 92.5 cm³/mol. The Kier molecular flexibility index (Phi) is 4.02. The molecule has 3 rings (SSSR count). The normalized spacial score (nSPS) is 15.6. The molecule has 1 aliphatic heterocycles. The highest BCUT2D eigenvalue weighted by atomic mass is 16.5. The molecular weight excluding hydrogens is 324 g/mol. The standard InChI is InChI=1S/C18H20N2O5/c1-9(2)12-5-10-6-15(25-4)17(22)19(3)16(10)13-7-14(21)11(18(23)24)8-20(12)13/h6-9,12H,5H2,1-4H3,(H,23,24). The maximum Gasteiger partial charge on any atom is 0.341 e. The monoisotopic (exact) mass is 344 g/mol. The van der Waals surface area contributed by atoms with Gasteiger partial charge in [-0.15, -0.1) is 0 Å². The van der Waals surface area contributed by atoms with Gasteiger partial charge in [-0.1, -0.05) is 13.8 Å². The number of nitrogens with zero attached hydrogens (tertiary/aromatic N) is 2. The molecule has 25 heavy (non-hydrogen) atoms. The van der Waals surface area contributed by atoms with Crippen LogP contribution in [-0.4, -0.2) is 27.3 Å². The Morgan fingerprint density at radius 1 is 1.32 bits per heavy atom. The molecule has 1 unspecified atom stereocenters. The van der Waals surface area contributed by atoms with E-state index in [1.54, 1.807) is 13.1 Å². The van der Waals surface area contributed by atoms with Crippen molar-refractivity contribution in [3.63, 3.8) is 0 Å². The fourth-order valence-corrected chi connectivity index (χ4v) is 3.46. The van der Waals surface area contributed by atoms with E-state index < -0.39 is 11.4 Å². The topological polar surface area (TPSA) is 90.5 Å². The predicted octanol–water partition coefficient (Wildman–Crippen LogP) is 1.67. The lowest BCUT2D eigenvalue weighted by molar-refractivity contribution is 0.0694. The van der Waals surface area contributed by atoms with Crippen molar-refractivity contribution in [2.45, 2.75) is 26.3 Å². The van der Waals surface area contributed by atoms with E-state index in [0.29, 0.717) is 17.8 Å². The van der Waals surface area contributed by atoms with Crippen molar-refractivity contribution in [1.82, 2.24) is 9.13 Å². The lowest BCUT2D eigenvalue weighted by atomic mass is 9.89. The molecule has 2 aromatic rings.